The largest absolute Gasteiger partial charge is 0.409 e. The zero-order chi connectivity index (χ0) is 15.2. The van der Waals surface area contributed by atoms with Gasteiger partial charge in [0, 0.05) is 18.3 Å². The molecule has 2 heterocycles. The second kappa shape index (κ2) is 7.03. The van der Waals surface area contributed by atoms with Crippen LogP contribution in [0.3, 0.4) is 0 Å². The Morgan fingerprint density at radius 1 is 1.43 bits per heavy atom. The van der Waals surface area contributed by atoms with Crippen molar-refractivity contribution in [2.24, 2.45) is 10.9 Å². The van der Waals surface area contributed by atoms with Gasteiger partial charge in [-0.05, 0) is 25.0 Å². The van der Waals surface area contributed by atoms with Gasteiger partial charge < -0.3 is 20.9 Å². The van der Waals surface area contributed by atoms with Gasteiger partial charge in [0.05, 0.1) is 12.6 Å². The first-order valence-electron chi connectivity index (χ1n) is 7.03. The van der Waals surface area contributed by atoms with Crippen molar-refractivity contribution >= 4 is 11.7 Å². The van der Waals surface area contributed by atoms with Crippen molar-refractivity contribution in [2.45, 2.75) is 31.7 Å². The Balaban J connectivity index is 2.18. The molecule has 1 aromatic heterocycles. The third-order valence-corrected chi connectivity index (χ3v) is 3.73. The summed E-state index contributed by atoms with van der Waals surface area (Å²) in [5.41, 5.74) is 6.20. The maximum absolute atomic E-state index is 12.5. The molecule has 4 N–H and O–H groups in total. The first-order chi connectivity index (χ1) is 10.2. The summed E-state index contributed by atoms with van der Waals surface area (Å²) in [6.07, 6.45) is 5.23. The number of amides is 1. The number of rotatable bonds is 3. The number of hydrogen-bond donors (Lipinski definition) is 3. The summed E-state index contributed by atoms with van der Waals surface area (Å²) in [5, 5.41) is 20.9. The summed E-state index contributed by atoms with van der Waals surface area (Å²) in [6, 6.07) is 2.99. The summed E-state index contributed by atoms with van der Waals surface area (Å²) in [4.78, 5) is 18.3. The van der Waals surface area contributed by atoms with E-state index < -0.39 is 0 Å². The third-order valence-electron chi connectivity index (χ3n) is 3.73. The number of oxime groups is 1. The standard InChI is InChI=1S/C14H20N4O3/c15-13(17-21)10-5-6-12(16-8-10)14(20)18-7-3-1-2-4-11(18)9-19/h5-6,8,11,19,21H,1-4,7,9H2,(H2,15,17). The molecule has 21 heavy (non-hydrogen) atoms. The highest BCUT2D eigenvalue weighted by atomic mass is 16.4. The number of aliphatic hydroxyl groups excluding tert-OH is 1. The van der Waals surface area contributed by atoms with Crippen LogP contribution in [0.2, 0.25) is 0 Å². The highest BCUT2D eigenvalue weighted by Crippen LogP contribution is 2.18. The van der Waals surface area contributed by atoms with E-state index in [0.717, 1.165) is 25.7 Å². The second-order valence-corrected chi connectivity index (χ2v) is 5.10. The molecule has 0 radical (unpaired) electrons. The Morgan fingerprint density at radius 2 is 2.24 bits per heavy atom. The van der Waals surface area contributed by atoms with Gasteiger partial charge in [-0.15, -0.1) is 0 Å². The molecule has 1 fully saturated rings. The van der Waals surface area contributed by atoms with Crippen molar-refractivity contribution in [1.29, 1.82) is 0 Å². The minimum atomic E-state index is -0.193. The predicted octanol–water partition coefficient (Wildman–Crippen LogP) is 0.553. The Hall–Kier alpha value is -2.15. The Bertz CT molecular complexity index is 515. The molecule has 1 aliphatic rings. The van der Waals surface area contributed by atoms with Crippen LogP contribution >= 0.6 is 0 Å². The van der Waals surface area contributed by atoms with Gasteiger partial charge >= 0.3 is 0 Å². The van der Waals surface area contributed by atoms with E-state index in [9.17, 15) is 9.90 Å². The van der Waals surface area contributed by atoms with E-state index in [1.807, 2.05) is 0 Å². The van der Waals surface area contributed by atoms with Crippen LogP contribution in [0.15, 0.2) is 23.5 Å². The lowest BCUT2D eigenvalue weighted by atomic mass is 10.1. The monoisotopic (exact) mass is 292 g/mol. The van der Waals surface area contributed by atoms with Crippen LogP contribution in [0.4, 0.5) is 0 Å². The number of nitrogens with zero attached hydrogens (tertiary/aromatic N) is 3. The van der Waals surface area contributed by atoms with Gasteiger partial charge in [-0.2, -0.15) is 0 Å². The maximum atomic E-state index is 12.5. The van der Waals surface area contributed by atoms with Crippen molar-refractivity contribution in [3.63, 3.8) is 0 Å². The molecular weight excluding hydrogens is 272 g/mol. The smallest absolute Gasteiger partial charge is 0.272 e. The molecule has 1 aromatic rings. The number of likely N-dealkylation sites (tertiary alicyclic amines) is 1. The molecule has 0 saturated carbocycles. The normalized spacial score (nSPS) is 20.1. The van der Waals surface area contributed by atoms with Crippen molar-refractivity contribution in [2.75, 3.05) is 13.2 Å². The van der Waals surface area contributed by atoms with Crippen molar-refractivity contribution in [1.82, 2.24) is 9.88 Å². The molecular formula is C14H20N4O3. The van der Waals surface area contributed by atoms with Crippen LogP contribution in [0.1, 0.15) is 41.7 Å². The van der Waals surface area contributed by atoms with Crippen LogP contribution in [0.25, 0.3) is 0 Å². The molecule has 1 aliphatic heterocycles. The van der Waals surface area contributed by atoms with Crippen molar-refractivity contribution in [3.05, 3.63) is 29.6 Å². The van der Waals surface area contributed by atoms with Crippen LogP contribution in [-0.4, -0.2) is 51.1 Å². The molecule has 7 nitrogen and oxygen atoms in total. The van der Waals surface area contributed by atoms with Gasteiger partial charge in [-0.1, -0.05) is 18.0 Å². The number of amidine groups is 1. The SMILES string of the molecule is N/C(=N/O)c1ccc(C(=O)N2CCCCCC2CO)nc1. The van der Waals surface area contributed by atoms with Crippen molar-refractivity contribution in [3.8, 4) is 0 Å². The van der Waals surface area contributed by atoms with E-state index in [2.05, 4.69) is 10.1 Å². The number of hydrogen-bond acceptors (Lipinski definition) is 5. The molecule has 1 amide bonds. The number of aliphatic hydroxyl groups is 1. The average Bonchev–Trinajstić information content (AvgIpc) is 2.78. The van der Waals surface area contributed by atoms with E-state index in [1.165, 1.54) is 6.20 Å². The lowest BCUT2D eigenvalue weighted by molar-refractivity contribution is 0.0594. The summed E-state index contributed by atoms with van der Waals surface area (Å²) < 4.78 is 0. The molecule has 0 aromatic carbocycles. The molecule has 0 aliphatic carbocycles. The summed E-state index contributed by atoms with van der Waals surface area (Å²) in [6.45, 7) is 0.599. The Morgan fingerprint density at radius 3 is 2.86 bits per heavy atom. The maximum Gasteiger partial charge on any atom is 0.272 e. The number of carbonyl (C=O) groups excluding carboxylic acids is 1. The lowest BCUT2D eigenvalue weighted by Crippen LogP contribution is -2.42. The van der Waals surface area contributed by atoms with Gasteiger partial charge in [0.15, 0.2) is 5.84 Å². The zero-order valence-electron chi connectivity index (χ0n) is 11.8. The quantitative estimate of drug-likeness (QED) is 0.326. The summed E-state index contributed by atoms with van der Waals surface area (Å²) >= 11 is 0. The highest BCUT2D eigenvalue weighted by molar-refractivity contribution is 5.98. The topological polar surface area (TPSA) is 112 Å². The molecule has 114 valence electrons. The minimum absolute atomic E-state index is 0.0338. The number of nitrogens with two attached hydrogens (primary N) is 1. The van der Waals surface area contributed by atoms with Gasteiger partial charge in [-0.3, -0.25) is 9.78 Å². The third kappa shape index (κ3) is 3.49. The van der Waals surface area contributed by atoms with E-state index in [-0.39, 0.29) is 24.4 Å². The summed E-state index contributed by atoms with van der Waals surface area (Å²) in [7, 11) is 0. The fourth-order valence-corrected chi connectivity index (χ4v) is 2.51. The fraction of sp³-hybridized carbons (Fsp3) is 0.500. The van der Waals surface area contributed by atoms with E-state index in [0.29, 0.717) is 17.8 Å². The number of pyridine rings is 1. The first-order valence-corrected chi connectivity index (χ1v) is 7.03. The van der Waals surface area contributed by atoms with Crippen molar-refractivity contribution < 1.29 is 15.1 Å². The predicted molar refractivity (Wildman–Crippen MR) is 77.1 cm³/mol. The Labute approximate surface area is 123 Å². The van der Waals surface area contributed by atoms with Crippen LogP contribution in [0, 0.1) is 0 Å². The van der Waals surface area contributed by atoms with E-state index >= 15 is 0 Å². The molecule has 0 spiro atoms. The molecule has 1 atom stereocenters. The van der Waals surface area contributed by atoms with E-state index in [4.69, 9.17) is 10.9 Å². The lowest BCUT2D eigenvalue weighted by Gasteiger charge is -2.28. The van der Waals surface area contributed by atoms with Crippen LogP contribution in [0.5, 0.6) is 0 Å². The number of aromatic nitrogens is 1. The molecule has 7 heteroatoms. The fourth-order valence-electron chi connectivity index (χ4n) is 2.51. The molecule has 1 unspecified atom stereocenters. The van der Waals surface area contributed by atoms with Gasteiger partial charge in [0.1, 0.15) is 5.69 Å². The van der Waals surface area contributed by atoms with Crippen LogP contribution in [-0.2, 0) is 0 Å². The number of carbonyl (C=O) groups is 1. The molecule has 1 saturated heterocycles. The highest BCUT2D eigenvalue weighted by Gasteiger charge is 2.26. The van der Waals surface area contributed by atoms with Gasteiger partial charge in [-0.25, -0.2) is 0 Å². The van der Waals surface area contributed by atoms with Crippen LogP contribution < -0.4 is 5.73 Å². The average molecular weight is 292 g/mol. The summed E-state index contributed by atoms with van der Waals surface area (Å²) in [5.74, 6) is -0.244. The zero-order valence-corrected chi connectivity index (χ0v) is 11.8. The first kappa shape index (κ1) is 15.2. The van der Waals surface area contributed by atoms with Gasteiger partial charge in [0.2, 0.25) is 0 Å². The molecule has 0 bridgehead atoms. The second-order valence-electron chi connectivity index (χ2n) is 5.10. The Kier molecular flexibility index (Phi) is 5.10. The molecule has 2 rings (SSSR count). The minimum Gasteiger partial charge on any atom is -0.409 e. The van der Waals surface area contributed by atoms with E-state index in [1.54, 1.807) is 17.0 Å². The van der Waals surface area contributed by atoms with Gasteiger partial charge in [0.25, 0.3) is 5.91 Å².